The molecular formula is C17H17FN4O3. The Morgan fingerprint density at radius 3 is 2.88 bits per heavy atom. The molecule has 0 spiro atoms. The zero-order valence-corrected chi connectivity index (χ0v) is 13.7. The fraction of sp³-hybridized carbons (Fsp3) is 0.353. The normalized spacial score (nSPS) is 20.8. The van der Waals surface area contributed by atoms with Gasteiger partial charge in [-0.15, -0.1) is 0 Å². The van der Waals surface area contributed by atoms with E-state index in [-0.39, 0.29) is 37.3 Å². The molecule has 25 heavy (non-hydrogen) atoms. The summed E-state index contributed by atoms with van der Waals surface area (Å²) in [5, 5.41) is 0.742. The van der Waals surface area contributed by atoms with Gasteiger partial charge in [-0.25, -0.2) is 9.18 Å². The molecule has 1 aromatic heterocycles. The van der Waals surface area contributed by atoms with E-state index in [0.29, 0.717) is 6.42 Å². The molecule has 4 rings (SSSR count). The minimum absolute atomic E-state index is 0.0689. The summed E-state index contributed by atoms with van der Waals surface area (Å²) in [6, 6.07) is 3.44. The minimum atomic E-state index is -0.601. The molecular weight excluding hydrogens is 327 g/mol. The molecule has 1 aromatic carbocycles. The van der Waals surface area contributed by atoms with E-state index in [9.17, 15) is 18.8 Å². The second kappa shape index (κ2) is 5.58. The lowest BCUT2D eigenvalue weighted by atomic mass is 10.1. The van der Waals surface area contributed by atoms with E-state index >= 15 is 0 Å². The minimum Gasteiger partial charge on any atom is -0.361 e. The molecule has 2 saturated heterocycles. The number of carbonyl (C=O) groups excluding carboxylic acids is 3. The average Bonchev–Trinajstić information content (AvgIpc) is 3.07. The van der Waals surface area contributed by atoms with Gasteiger partial charge in [0, 0.05) is 37.2 Å². The fourth-order valence-corrected chi connectivity index (χ4v) is 3.47. The third kappa shape index (κ3) is 2.45. The number of piperazine rings is 1. The van der Waals surface area contributed by atoms with Crippen LogP contribution in [0.3, 0.4) is 0 Å². The van der Waals surface area contributed by atoms with Crippen molar-refractivity contribution in [3.63, 3.8) is 0 Å². The van der Waals surface area contributed by atoms with Crippen LogP contribution >= 0.6 is 0 Å². The van der Waals surface area contributed by atoms with Crippen LogP contribution in [-0.2, 0) is 16.0 Å². The highest BCUT2D eigenvalue weighted by Gasteiger charge is 2.48. The first kappa shape index (κ1) is 15.6. The number of benzene rings is 1. The van der Waals surface area contributed by atoms with Crippen molar-refractivity contribution < 1.29 is 18.8 Å². The van der Waals surface area contributed by atoms with Gasteiger partial charge in [-0.05, 0) is 30.2 Å². The highest BCUT2D eigenvalue weighted by atomic mass is 19.1. The summed E-state index contributed by atoms with van der Waals surface area (Å²) < 4.78 is 13.5. The van der Waals surface area contributed by atoms with Crippen LogP contribution in [0.5, 0.6) is 0 Å². The van der Waals surface area contributed by atoms with E-state index in [0.717, 1.165) is 16.5 Å². The second-order valence-corrected chi connectivity index (χ2v) is 6.44. The number of nitrogens with zero attached hydrogens (tertiary/aromatic N) is 3. The number of urea groups is 1. The van der Waals surface area contributed by atoms with Crippen LogP contribution in [0.25, 0.3) is 10.9 Å². The van der Waals surface area contributed by atoms with E-state index in [1.807, 2.05) is 0 Å². The number of rotatable bonds is 3. The topological polar surface area (TPSA) is 76.7 Å². The molecule has 1 N–H and O–H groups in total. The van der Waals surface area contributed by atoms with Crippen LogP contribution in [0.1, 0.15) is 5.56 Å². The van der Waals surface area contributed by atoms with Gasteiger partial charge in [0.05, 0.1) is 0 Å². The maximum absolute atomic E-state index is 13.5. The van der Waals surface area contributed by atoms with Gasteiger partial charge in [0.1, 0.15) is 18.4 Å². The van der Waals surface area contributed by atoms with Crippen molar-refractivity contribution in [1.82, 2.24) is 19.7 Å². The molecule has 1 atom stereocenters. The molecule has 2 aliphatic heterocycles. The first-order chi connectivity index (χ1) is 12.0. The Balaban J connectivity index is 1.53. The summed E-state index contributed by atoms with van der Waals surface area (Å²) in [6.45, 7) is 0.352. The molecule has 4 amide bonds. The van der Waals surface area contributed by atoms with Crippen LogP contribution in [0, 0.1) is 5.82 Å². The number of imide groups is 1. The Morgan fingerprint density at radius 1 is 1.28 bits per heavy atom. The van der Waals surface area contributed by atoms with E-state index in [2.05, 4.69) is 4.98 Å². The Morgan fingerprint density at radius 2 is 2.08 bits per heavy atom. The molecule has 7 nitrogen and oxygen atoms in total. The average molecular weight is 344 g/mol. The summed E-state index contributed by atoms with van der Waals surface area (Å²) in [5.41, 5.74) is 1.65. The summed E-state index contributed by atoms with van der Waals surface area (Å²) in [6.07, 6.45) is 2.19. The summed E-state index contributed by atoms with van der Waals surface area (Å²) in [4.78, 5) is 43.8. The first-order valence-electron chi connectivity index (χ1n) is 8.07. The molecule has 0 bridgehead atoms. The third-order valence-corrected chi connectivity index (χ3v) is 4.92. The maximum atomic E-state index is 13.5. The van der Waals surface area contributed by atoms with Gasteiger partial charge >= 0.3 is 6.03 Å². The van der Waals surface area contributed by atoms with Crippen LogP contribution in [0.2, 0.25) is 0 Å². The van der Waals surface area contributed by atoms with Crippen LogP contribution in [0.4, 0.5) is 9.18 Å². The third-order valence-electron chi connectivity index (χ3n) is 4.92. The van der Waals surface area contributed by atoms with Crippen molar-refractivity contribution in [2.75, 3.05) is 26.7 Å². The van der Waals surface area contributed by atoms with E-state index in [1.54, 1.807) is 19.3 Å². The predicted molar refractivity (Wildman–Crippen MR) is 87.2 cm³/mol. The van der Waals surface area contributed by atoms with Crippen LogP contribution in [-0.4, -0.2) is 70.3 Å². The van der Waals surface area contributed by atoms with Crippen molar-refractivity contribution in [2.45, 2.75) is 12.5 Å². The lowest BCUT2D eigenvalue weighted by Gasteiger charge is -2.32. The largest absolute Gasteiger partial charge is 0.361 e. The molecule has 2 aliphatic rings. The van der Waals surface area contributed by atoms with E-state index in [4.69, 9.17) is 0 Å². The van der Waals surface area contributed by atoms with Gasteiger partial charge in [0.15, 0.2) is 0 Å². The van der Waals surface area contributed by atoms with Gasteiger partial charge in [0.2, 0.25) is 5.91 Å². The molecule has 2 aromatic rings. The van der Waals surface area contributed by atoms with Crippen LogP contribution < -0.4 is 0 Å². The molecule has 8 heteroatoms. The number of hydrogen-bond acceptors (Lipinski definition) is 3. The van der Waals surface area contributed by atoms with Gasteiger partial charge in [-0.1, -0.05) is 0 Å². The molecule has 130 valence electrons. The molecule has 0 radical (unpaired) electrons. The monoisotopic (exact) mass is 344 g/mol. The maximum Gasteiger partial charge on any atom is 0.327 e. The zero-order valence-electron chi connectivity index (χ0n) is 13.7. The number of aromatic nitrogens is 1. The van der Waals surface area contributed by atoms with Crippen molar-refractivity contribution in [3.8, 4) is 0 Å². The molecule has 1 unspecified atom stereocenters. The zero-order chi connectivity index (χ0) is 17.7. The Bertz CT molecular complexity index is 893. The number of halogens is 1. The van der Waals surface area contributed by atoms with Crippen molar-refractivity contribution >= 4 is 28.7 Å². The highest BCUT2D eigenvalue weighted by Crippen LogP contribution is 2.24. The standard InChI is InChI=1S/C17H17FN4O3/c1-20-8-14-16(24)21(17(25)22(14)9-15(20)23)5-4-10-7-19-13-3-2-11(18)6-12(10)13/h2-3,6-7,14,19H,4-5,8-9H2,1H3. The van der Waals surface area contributed by atoms with Crippen molar-refractivity contribution in [1.29, 1.82) is 0 Å². The predicted octanol–water partition coefficient (Wildman–Crippen LogP) is 0.954. The number of likely N-dealkylation sites (N-methyl/N-ethyl adjacent to an activating group) is 1. The van der Waals surface area contributed by atoms with Gasteiger partial charge < -0.3 is 14.8 Å². The van der Waals surface area contributed by atoms with Crippen molar-refractivity contribution in [3.05, 3.63) is 35.8 Å². The summed E-state index contributed by atoms with van der Waals surface area (Å²) >= 11 is 0. The Kier molecular flexibility index (Phi) is 3.48. The molecule has 2 fully saturated rings. The SMILES string of the molecule is CN1CC2C(=O)N(CCc3c[nH]c4ccc(F)cc34)C(=O)N2CC1=O. The Hall–Kier alpha value is -2.90. The first-order valence-corrected chi connectivity index (χ1v) is 8.07. The number of carbonyl (C=O) groups is 3. The number of hydrogen-bond donors (Lipinski definition) is 1. The Labute approximate surface area is 143 Å². The number of aromatic amines is 1. The quantitative estimate of drug-likeness (QED) is 0.843. The molecule has 3 heterocycles. The molecule has 0 saturated carbocycles. The second-order valence-electron chi connectivity index (χ2n) is 6.44. The number of fused-ring (bicyclic) bond motifs is 2. The number of nitrogens with one attached hydrogen (secondary N) is 1. The van der Waals surface area contributed by atoms with Gasteiger partial charge in [-0.3, -0.25) is 14.5 Å². The van der Waals surface area contributed by atoms with Gasteiger partial charge in [0.25, 0.3) is 5.91 Å². The lowest BCUT2D eigenvalue weighted by molar-refractivity contribution is -0.137. The number of amides is 4. The smallest absolute Gasteiger partial charge is 0.327 e. The van der Waals surface area contributed by atoms with Crippen LogP contribution in [0.15, 0.2) is 24.4 Å². The van der Waals surface area contributed by atoms with Gasteiger partial charge in [-0.2, -0.15) is 0 Å². The highest BCUT2D eigenvalue weighted by molar-refractivity contribution is 6.06. The number of H-pyrrole nitrogens is 1. The summed E-state index contributed by atoms with van der Waals surface area (Å²) in [5.74, 6) is -0.790. The molecule has 0 aliphatic carbocycles. The fourth-order valence-electron chi connectivity index (χ4n) is 3.47. The van der Waals surface area contributed by atoms with E-state index < -0.39 is 12.1 Å². The van der Waals surface area contributed by atoms with E-state index in [1.165, 1.54) is 26.8 Å². The summed E-state index contributed by atoms with van der Waals surface area (Å²) in [7, 11) is 1.63. The van der Waals surface area contributed by atoms with Crippen molar-refractivity contribution in [2.24, 2.45) is 0 Å². The lowest BCUT2D eigenvalue weighted by Crippen LogP contribution is -2.54.